The highest BCUT2D eigenvalue weighted by molar-refractivity contribution is 9.10. The number of rotatable bonds is 3. The molecular weight excluding hydrogens is 375 g/mol. The van der Waals surface area contributed by atoms with E-state index in [1.807, 2.05) is 25.1 Å². The van der Waals surface area contributed by atoms with E-state index in [0.717, 1.165) is 10.9 Å². The molecule has 1 heterocycles. The molecule has 0 fully saturated rings. The molecule has 0 saturated heterocycles. The molecule has 6 heteroatoms. The van der Waals surface area contributed by atoms with Crippen molar-refractivity contribution in [2.45, 2.75) is 6.92 Å². The SMILES string of the molecule is COC(=O)c1cc(Nc2ccc(Br)cc2F)c2cccc(C)c2n1. The summed E-state index contributed by atoms with van der Waals surface area (Å²) >= 11 is 3.23. The molecule has 3 rings (SSSR count). The number of nitrogens with zero attached hydrogens (tertiary/aromatic N) is 1. The van der Waals surface area contributed by atoms with E-state index in [1.54, 1.807) is 18.2 Å². The Morgan fingerprint density at radius 1 is 1.21 bits per heavy atom. The first-order valence-corrected chi connectivity index (χ1v) is 7.99. The number of hydrogen-bond donors (Lipinski definition) is 1. The summed E-state index contributed by atoms with van der Waals surface area (Å²) in [6.45, 7) is 1.90. The second kappa shape index (κ2) is 6.57. The normalized spacial score (nSPS) is 10.7. The second-order valence-corrected chi connectivity index (χ2v) is 6.18. The van der Waals surface area contributed by atoms with Crippen LogP contribution < -0.4 is 5.32 Å². The van der Waals surface area contributed by atoms with Gasteiger partial charge in [0.1, 0.15) is 5.82 Å². The van der Waals surface area contributed by atoms with Crippen molar-refractivity contribution < 1.29 is 13.9 Å². The summed E-state index contributed by atoms with van der Waals surface area (Å²) in [5, 5.41) is 3.84. The molecular formula is C18H14BrFN2O2. The highest BCUT2D eigenvalue weighted by Crippen LogP contribution is 2.30. The summed E-state index contributed by atoms with van der Waals surface area (Å²) < 4.78 is 19.6. The maximum Gasteiger partial charge on any atom is 0.356 e. The van der Waals surface area contributed by atoms with E-state index in [-0.39, 0.29) is 5.69 Å². The van der Waals surface area contributed by atoms with Crippen LogP contribution in [-0.4, -0.2) is 18.1 Å². The predicted molar refractivity (Wildman–Crippen MR) is 95.2 cm³/mol. The van der Waals surface area contributed by atoms with Crippen molar-refractivity contribution in [1.29, 1.82) is 0 Å². The Bertz CT molecular complexity index is 944. The molecule has 0 radical (unpaired) electrons. The standard InChI is InChI=1S/C18H14BrFN2O2/c1-10-4-3-5-12-15(9-16(18(23)24-2)22-17(10)12)21-14-7-6-11(19)8-13(14)20/h3-9H,1-2H3,(H,21,22). The van der Waals surface area contributed by atoms with Gasteiger partial charge in [-0.05, 0) is 36.8 Å². The zero-order chi connectivity index (χ0) is 17.3. The van der Waals surface area contributed by atoms with Gasteiger partial charge in [-0.25, -0.2) is 14.2 Å². The number of benzene rings is 2. The molecule has 0 aliphatic rings. The highest BCUT2D eigenvalue weighted by atomic mass is 79.9. The van der Waals surface area contributed by atoms with Crippen LogP contribution in [0.4, 0.5) is 15.8 Å². The van der Waals surface area contributed by atoms with Crippen molar-refractivity contribution in [2.24, 2.45) is 0 Å². The van der Waals surface area contributed by atoms with Gasteiger partial charge in [0.25, 0.3) is 0 Å². The molecule has 0 aliphatic heterocycles. The third kappa shape index (κ3) is 3.10. The number of esters is 1. The number of anilines is 2. The summed E-state index contributed by atoms with van der Waals surface area (Å²) in [5.41, 5.74) is 2.64. The Morgan fingerprint density at radius 2 is 2.00 bits per heavy atom. The van der Waals surface area contributed by atoms with Crippen LogP contribution in [0.2, 0.25) is 0 Å². The maximum atomic E-state index is 14.1. The summed E-state index contributed by atoms with van der Waals surface area (Å²) in [6, 6.07) is 12.0. The lowest BCUT2D eigenvalue weighted by molar-refractivity contribution is 0.0594. The largest absolute Gasteiger partial charge is 0.464 e. The molecule has 1 N–H and O–H groups in total. The van der Waals surface area contributed by atoms with Crippen LogP contribution in [0.1, 0.15) is 16.1 Å². The summed E-state index contributed by atoms with van der Waals surface area (Å²) in [5.74, 6) is -0.943. The minimum atomic E-state index is -0.542. The number of para-hydroxylation sites is 1. The van der Waals surface area contributed by atoms with E-state index in [9.17, 15) is 9.18 Å². The number of methoxy groups -OCH3 is 1. The lowest BCUT2D eigenvalue weighted by Crippen LogP contribution is -2.06. The molecule has 0 amide bonds. The summed E-state index contributed by atoms with van der Waals surface area (Å²) in [4.78, 5) is 16.3. The second-order valence-electron chi connectivity index (χ2n) is 5.27. The van der Waals surface area contributed by atoms with Crippen LogP contribution in [-0.2, 0) is 4.74 Å². The fraction of sp³-hybridized carbons (Fsp3) is 0.111. The van der Waals surface area contributed by atoms with E-state index < -0.39 is 11.8 Å². The highest BCUT2D eigenvalue weighted by Gasteiger charge is 2.14. The first-order chi connectivity index (χ1) is 11.5. The number of pyridine rings is 1. The van der Waals surface area contributed by atoms with E-state index >= 15 is 0 Å². The number of halogens is 2. The number of ether oxygens (including phenoxy) is 1. The van der Waals surface area contributed by atoms with Crippen LogP contribution in [0.25, 0.3) is 10.9 Å². The van der Waals surface area contributed by atoms with E-state index in [1.165, 1.54) is 13.2 Å². The molecule has 2 aromatic carbocycles. The van der Waals surface area contributed by atoms with Gasteiger partial charge >= 0.3 is 5.97 Å². The third-order valence-corrected chi connectivity index (χ3v) is 4.13. The number of carbonyl (C=O) groups is 1. The first-order valence-electron chi connectivity index (χ1n) is 7.20. The number of aryl methyl sites for hydroxylation is 1. The average molecular weight is 389 g/mol. The fourth-order valence-electron chi connectivity index (χ4n) is 2.44. The lowest BCUT2D eigenvalue weighted by Gasteiger charge is -2.13. The summed E-state index contributed by atoms with van der Waals surface area (Å²) in [7, 11) is 1.30. The van der Waals surface area contributed by atoms with Crippen molar-refractivity contribution in [3.8, 4) is 0 Å². The molecule has 1 aromatic heterocycles. The third-order valence-electron chi connectivity index (χ3n) is 3.64. The van der Waals surface area contributed by atoms with Crippen molar-refractivity contribution in [2.75, 3.05) is 12.4 Å². The van der Waals surface area contributed by atoms with Gasteiger partial charge in [0.05, 0.1) is 24.0 Å². The fourth-order valence-corrected chi connectivity index (χ4v) is 2.77. The predicted octanol–water partition coefficient (Wildman–Crippen LogP) is 4.98. The molecule has 24 heavy (non-hydrogen) atoms. The Kier molecular flexibility index (Phi) is 4.49. The minimum Gasteiger partial charge on any atom is -0.464 e. The quantitative estimate of drug-likeness (QED) is 0.643. The maximum absolute atomic E-state index is 14.1. The average Bonchev–Trinajstić information content (AvgIpc) is 2.57. The lowest BCUT2D eigenvalue weighted by atomic mass is 10.1. The zero-order valence-electron chi connectivity index (χ0n) is 13.1. The van der Waals surface area contributed by atoms with Crippen molar-refractivity contribution >= 4 is 44.2 Å². The van der Waals surface area contributed by atoms with Gasteiger partial charge in [0.2, 0.25) is 0 Å². The van der Waals surface area contributed by atoms with Gasteiger partial charge in [-0.2, -0.15) is 0 Å². The molecule has 0 bridgehead atoms. The van der Waals surface area contributed by atoms with E-state index in [2.05, 4.69) is 26.2 Å². The molecule has 3 aromatic rings. The number of aromatic nitrogens is 1. The monoisotopic (exact) mass is 388 g/mol. The Labute approximate surface area is 146 Å². The Morgan fingerprint density at radius 3 is 2.71 bits per heavy atom. The Balaban J connectivity index is 2.18. The molecule has 122 valence electrons. The number of carbonyl (C=O) groups excluding carboxylic acids is 1. The zero-order valence-corrected chi connectivity index (χ0v) is 14.6. The van der Waals surface area contributed by atoms with E-state index in [0.29, 0.717) is 21.4 Å². The first kappa shape index (κ1) is 16.4. The van der Waals surface area contributed by atoms with Crippen LogP contribution >= 0.6 is 15.9 Å². The molecule has 0 saturated carbocycles. The minimum absolute atomic E-state index is 0.166. The van der Waals surface area contributed by atoms with Crippen LogP contribution in [0.3, 0.4) is 0 Å². The number of hydrogen-bond acceptors (Lipinski definition) is 4. The van der Waals surface area contributed by atoms with Crippen molar-refractivity contribution in [1.82, 2.24) is 4.98 Å². The molecule has 0 spiro atoms. The smallest absolute Gasteiger partial charge is 0.356 e. The molecule has 0 aliphatic carbocycles. The van der Waals surface area contributed by atoms with Gasteiger partial charge < -0.3 is 10.1 Å². The van der Waals surface area contributed by atoms with Crippen LogP contribution in [0.5, 0.6) is 0 Å². The summed E-state index contributed by atoms with van der Waals surface area (Å²) in [6.07, 6.45) is 0. The molecule has 0 atom stereocenters. The van der Waals surface area contributed by atoms with Crippen molar-refractivity contribution in [3.63, 3.8) is 0 Å². The topological polar surface area (TPSA) is 51.2 Å². The number of nitrogens with one attached hydrogen (secondary N) is 1. The van der Waals surface area contributed by atoms with Gasteiger partial charge in [-0.15, -0.1) is 0 Å². The van der Waals surface area contributed by atoms with Gasteiger partial charge in [0, 0.05) is 9.86 Å². The molecule has 4 nitrogen and oxygen atoms in total. The van der Waals surface area contributed by atoms with Gasteiger partial charge in [0.15, 0.2) is 5.69 Å². The van der Waals surface area contributed by atoms with Crippen molar-refractivity contribution in [3.05, 3.63) is 64.0 Å². The molecule has 0 unspecified atom stereocenters. The number of fused-ring (bicyclic) bond motifs is 1. The van der Waals surface area contributed by atoms with Gasteiger partial charge in [-0.3, -0.25) is 0 Å². The van der Waals surface area contributed by atoms with E-state index in [4.69, 9.17) is 4.74 Å². The van der Waals surface area contributed by atoms with Crippen LogP contribution in [0, 0.1) is 12.7 Å². The van der Waals surface area contributed by atoms with Crippen LogP contribution in [0.15, 0.2) is 46.9 Å². The van der Waals surface area contributed by atoms with Gasteiger partial charge in [-0.1, -0.05) is 34.1 Å². The Hall–Kier alpha value is -2.47.